The van der Waals surface area contributed by atoms with Gasteiger partial charge in [0.25, 0.3) is 0 Å². The van der Waals surface area contributed by atoms with E-state index >= 15 is 0 Å². The van der Waals surface area contributed by atoms with Gasteiger partial charge in [-0.3, -0.25) is 0 Å². The summed E-state index contributed by atoms with van der Waals surface area (Å²) in [6.07, 6.45) is 0. The predicted octanol–water partition coefficient (Wildman–Crippen LogP) is 4.54. The Balaban J connectivity index is 2.10. The van der Waals surface area contributed by atoms with E-state index < -0.39 is 0 Å². The van der Waals surface area contributed by atoms with Crippen molar-refractivity contribution in [2.24, 2.45) is 0 Å². The molecule has 0 spiro atoms. The second-order valence-electron chi connectivity index (χ2n) is 4.33. The lowest BCUT2D eigenvalue weighted by molar-refractivity contribution is 0.895. The predicted molar refractivity (Wildman–Crippen MR) is 86.1 cm³/mol. The van der Waals surface area contributed by atoms with Crippen molar-refractivity contribution in [3.63, 3.8) is 0 Å². The second-order valence-corrected chi connectivity index (χ2v) is 5.62. The standard InChI is InChI=1S/C15H11BrClN3/c16-13-7-2-1-6-12(13)14-9-15(18)20(19-14)11-5-3-4-10(17)8-11/h1-9H,18H2. The summed E-state index contributed by atoms with van der Waals surface area (Å²) >= 11 is 9.53. The lowest BCUT2D eigenvalue weighted by Gasteiger charge is -2.04. The Bertz CT molecular complexity index is 767. The third kappa shape index (κ3) is 2.44. The normalized spacial score (nSPS) is 10.7. The molecule has 0 saturated heterocycles. The third-order valence-electron chi connectivity index (χ3n) is 2.94. The van der Waals surface area contributed by atoms with Crippen LogP contribution < -0.4 is 5.73 Å². The summed E-state index contributed by atoms with van der Waals surface area (Å²) in [5, 5.41) is 5.21. The maximum absolute atomic E-state index is 6.05. The van der Waals surface area contributed by atoms with Crippen LogP contribution in [-0.4, -0.2) is 9.78 Å². The van der Waals surface area contributed by atoms with Gasteiger partial charge in [0.1, 0.15) is 5.82 Å². The lowest BCUT2D eigenvalue weighted by Crippen LogP contribution is -2.01. The van der Waals surface area contributed by atoms with Crippen molar-refractivity contribution in [2.45, 2.75) is 0 Å². The first-order valence-corrected chi connectivity index (χ1v) is 7.18. The molecule has 0 unspecified atom stereocenters. The Labute approximate surface area is 130 Å². The Morgan fingerprint density at radius 3 is 2.60 bits per heavy atom. The Morgan fingerprint density at radius 2 is 1.85 bits per heavy atom. The number of nitrogens with two attached hydrogens (primary N) is 1. The van der Waals surface area contributed by atoms with E-state index in [2.05, 4.69) is 21.0 Å². The minimum atomic E-state index is 0.568. The van der Waals surface area contributed by atoms with Crippen LogP contribution in [0.2, 0.25) is 5.02 Å². The first-order chi connectivity index (χ1) is 9.65. The molecule has 0 aliphatic heterocycles. The van der Waals surface area contributed by atoms with Crippen molar-refractivity contribution in [3.05, 3.63) is 64.1 Å². The van der Waals surface area contributed by atoms with Gasteiger partial charge in [-0.05, 0) is 24.3 Å². The summed E-state index contributed by atoms with van der Waals surface area (Å²) in [6.45, 7) is 0. The van der Waals surface area contributed by atoms with Crippen LogP contribution in [0.15, 0.2) is 59.1 Å². The van der Waals surface area contributed by atoms with E-state index in [9.17, 15) is 0 Å². The molecule has 2 aromatic carbocycles. The van der Waals surface area contributed by atoms with Crippen LogP contribution in [0.3, 0.4) is 0 Å². The van der Waals surface area contributed by atoms with Gasteiger partial charge in [0.05, 0.1) is 11.4 Å². The molecule has 0 radical (unpaired) electrons. The van der Waals surface area contributed by atoms with Crippen LogP contribution in [0.1, 0.15) is 0 Å². The van der Waals surface area contributed by atoms with Crippen LogP contribution in [0.25, 0.3) is 16.9 Å². The zero-order valence-corrected chi connectivity index (χ0v) is 12.8. The molecule has 0 amide bonds. The fraction of sp³-hybridized carbons (Fsp3) is 0. The number of nitrogens with zero attached hydrogens (tertiary/aromatic N) is 2. The topological polar surface area (TPSA) is 43.8 Å². The molecular formula is C15H11BrClN3. The maximum atomic E-state index is 6.05. The number of benzene rings is 2. The zero-order valence-electron chi connectivity index (χ0n) is 10.4. The molecule has 1 aromatic heterocycles. The number of hydrogen-bond acceptors (Lipinski definition) is 2. The summed E-state index contributed by atoms with van der Waals surface area (Å²) in [5.74, 6) is 0.568. The molecule has 0 fully saturated rings. The summed E-state index contributed by atoms with van der Waals surface area (Å²) in [6, 6.07) is 17.2. The van der Waals surface area contributed by atoms with Gasteiger partial charge >= 0.3 is 0 Å². The number of aromatic nitrogens is 2. The molecule has 5 heteroatoms. The monoisotopic (exact) mass is 347 g/mol. The van der Waals surface area contributed by atoms with E-state index in [0.717, 1.165) is 21.4 Å². The van der Waals surface area contributed by atoms with E-state index in [-0.39, 0.29) is 0 Å². The van der Waals surface area contributed by atoms with Gasteiger partial charge in [-0.1, -0.05) is 51.8 Å². The number of hydrogen-bond donors (Lipinski definition) is 1. The fourth-order valence-electron chi connectivity index (χ4n) is 2.01. The largest absolute Gasteiger partial charge is 0.384 e. The van der Waals surface area contributed by atoms with Gasteiger partial charge in [-0.25, -0.2) is 4.68 Å². The molecule has 3 nitrogen and oxygen atoms in total. The highest BCUT2D eigenvalue weighted by Gasteiger charge is 2.11. The average molecular weight is 349 g/mol. The maximum Gasteiger partial charge on any atom is 0.127 e. The Hall–Kier alpha value is -1.78. The van der Waals surface area contributed by atoms with Gasteiger partial charge in [0.2, 0.25) is 0 Å². The summed E-state index contributed by atoms with van der Waals surface area (Å²) in [4.78, 5) is 0. The molecule has 0 aliphatic rings. The fourth-order valence-corrected chi connectivity index (χ4v) is 2.68. The van der Waals surface area contributed by atoms with Crippen molar-refractivity contribution in [3.8, 4) is 16.9 Å². The Kier molecular flexibility index (Phi) is 3.51. The van der Waals surface area contributed by atoms with Crippen LogP contribution in [0.4, 0.5) is 5.82 Å². The molecule has 0 saturated carbocycles. The summed E-state index contributed by atoms with van der Waals surface area (Å²) in [5.41, 5.74) is 8.71. The van der Waals surface area contributed by atoms with E-state index in [1.165, 1.54) is 0 Å². The molecule has 2 N–H and O–H groups in total. The van der Waals surface area contributed by atoms with E-state index in [4.69, 9.17) is 17.3 Å². The SMILES string of the molecule is Nc1cc(-c2ccccc2Br)nn1-c1cccc(Cl)c1. The van der Waals surface area contributed by atoms with Crippen LogP contribution in [-0.2, 0) is 0 Å². The average Bonchev–Trinajstić information content (AvgIpc) is 2.81. The quantitative estimate of drug-likeness (QED) is 0.739. The van der Waals surface area contributed by atoms with Gasteiger partial charge in [0, 0.05) is 21.1 Å². The molecule has 0 aliphatic carbocycles. The highest BCUT2D eigenvalue weighted by atomic mass is 79.9. The van der Waals surface area contributed by atoms with E-state index in [1.54, 1.807) is 4.68 Å². The number of anilines is 1. The van der Waals surface area contributed by atoms with Gasteiger partial charge in [0.15, 0.2) is 0 Å². The van der Waals surface area contributed by atoms with Crippen molar-refractivity contribution in [2.75, 3.05) is 5.73 Å². The van der Waals surface area contributed by atoms with Gasteiger partial charge < -0.3 is 5.73 Å². The van der Waals surface area contributed by atoms with Gasteiger partial charge in [-0.2, -0.15) is 5.10 Å². The second kappa shape index (κ2) is 5.31. The van der Waals surface area contributed by atoms with Crippen molar-refractivity contribution in [1.82, 2.24) is 9.78 Å². The van der Waals surface area contributed by atoms with Gasteiger partial charge in [-0.15, -0.1) is 0 Å². The molecule has 3 aromatic rings. The lowest BCUT2D eigenvalue weighted by atomic mass is 10.1. The number of nitrogen functional groups attached to an aromatic ring is 1. The molecule has 3 rings (SSSR count). The molecule has 0 bridgehead atoms. The number of rotatable bonds is 2. The minimum absolute atomic E-state index is 0.568. The molecule has 0 atom stereocenters. The van der Waals surface area contributed by atoms with Crippen LogP contribution in [0.5, 0.6) is 0 Å². The van der Waals surface area contributed by atoms with Crippen LogP contribution >= 0.6 is 27.5 Å². The summed E-state index contributed by atoms with van der Waals surface area (Å²) < 4.78 is 2.66. The third-order valence-corrected chi connectivity index (χ3v) is 3.87. The highest BCUT2D eigenvalue weighted by Crippen LogP contribution is 2.29. The molecular weight excluding hydrogens is 338 g/mol. The molecule has 100 valence electrons. The van der Waals surface area contributed by atoms with Crippen molar-refractivity contribution in [1.29, 1.82) is 0 Å². The minimum Gasteiger partial charge on any atom is -0.384 e. The first-order valence-electron chi connectivity index (χ1n) is 6.01. The van der Waals surface area contributed by atoms with Crippen molar-refractivity contribution >= 4 is 33.3 Å². The first kappa shape index (κ1) is 13.2. The molecule has 20 heavy (non-hydrogen) atoms. The van der Waals surface area contributed by atoms with E-state index in [1.807, 2.05) is 54.6 Å². The number of halogens is 2. The molecule has 1 heterocycles. The smallest absolute Gasteiger partial charge is 0.127 e. The Morgan fingerprint density at radius 1 is 1.05 bits per heavy atom. The van der Waals surface area contributed by atoms with Crippen molar-refractivity contribution < 1.29 is 0 Å². The summed E-state index contributed by atoms with van der Waals surface area (Å²) in [7, 11) is 0. The van der Waals surface area contributed by atoms with E-state index in [0.29, 0.717) is 10.8 Å². The zero-order chi connectivity index (χ0) is 14.1. The highest BCUT2D eigenvalue weighted by molar-refractivity contribution is 9.10. The van der Waals surface area contributed by atoms with Crippen LogP contribution in [0, 0.1) is 0 Å².